The third-order valence-electron chi connectivity index (χ3n) is 5.84. The first kappa shape index (κ1) is 19.2. The number of methoxy groups -OCH3 is 1. The Bertz CT molecular complexity index is 1190. The van der Waals surface area contributed by atoms with Crippen LogP contribution >= 0.6 is 11.3 Å². The highest BCUT2D eigenvalue weighted by molar-refractivity contribution is 7.92. The molecule has 1 aromatic heterocycles. The Morgan fingerprint density at radius 1 is 1.13 bits per heavy atom. The van der Waals surface area contributed by atoms with Crippen molar-refractivity contribution in [2.45, 2.75) is 23.3 Å². The van der Waals surface area contributed by atoms with Gasteiger partial charge in [0.2, 0.25) is 0 Å². The fourth-order valence-electron chi connectivity index (χ4n) is 4.36. The van der Waals surface area contributed by atoms with Crippen LogP contribution in [-0.2, 0) is 10.0 Å². The molecule has 0 radical (unpaired) electrons. The van der Waals surface area contributed by atoms with E-state index in [9.17, 15) is 8.42 Å². The molecule has 0 saturated heterocycles. The van der Waals surface area contributed by atoms with Crippen LogP contribution in [0.25, 0.3) is 0 Å². The summed E-state index contributed by atoms with van der Waals surface area (Å²) in [5.41, 5.74) is 2.55. The van der Waals surface area contributed by atoms with Crippen molar-refractivity contribution in [1.82, 2.24) is 0 Å². The molecule has 3 unspecified atom stereocenters. The molecule has 154 valence electrons. The van der Waals surface area contributed by atoms with E-state index in [2.05, 4.69) is 39.7 Å². The largest absolute Gasteiger partial charge is 0.497 e. The van der Waals surface area contributed by atoms with Crippen molar-refractivity contribution >= 4 is 32.7 Å². The van der Waals surface area contributed by atoms with Crippen molar-refractivity contribution in [1.29, 1.82) is 0 Å². The standard InChI is InChI=1S/C23H22N2O3S2/c1-28-16-9-7-15(8-10-16)25-30(26,27)17-11-12-21-20(14-17)18-4-2-5-19(18)23(24-21)22-6-3-13-29-22/h2-4,6-14,18-19,23-25H,5H2,1H3. The second kappa shape index (κ2) is 7.49. The van der Waals surface area contributed by atoms with Gasteiger partial charge in [-0.3, -0.25) is 4.72 Å². The van der Waals surface area contributed by atoms with Crippen molar-refractivity contribution in [3.8, 4) is 5.75 Å². The van der Waals surface area contributed by atoms with Gasteiger partial charge in [-0.25, -0.2) is 8.42 Å². The Morgan fingerprint density at radius 3 is 2.70 bits per heavy atom. The van der Waals surface area contributed by atoms with Gasteiger partial charge in [0.1, 0.15) is 5.75 Å². The minimum atomic E-state index is -3.69. The van der Waals surface area contributed by atoms with Gasteiger partial charge in [-0.15, -0.1) is 11.3 Å². The lowest BCUT2D eigenvalue weighted by Gasteiger charge is -2.37. The molecule has 2 aromatic carbocycles. The van der Waals surface area contributed by atoms with Crippen molar-refractivity contribution in [3.05, 3.63) is 82.6 Å². The van der Waals surface area contributed by atoms with E-state index in [1.165, 1.54) is 4.88 Å². The molecule has 0 spiro atoms. The summed E-state index contributed by atoms with van der Waals surface area (Å²) in [6.45, 7) is 0. The number of sulfonamides is 1. The van der Waals surface area contributed by atoms with Crippen LogP contribution in [0.3, 0.4) is 0 Å². The molecule has 0 saturated carbocycles. The fraction of sp³-hybridized carbons (Fsp3) is 0.217. The summed E-state index contributed by atoms with van der Waals surface area (Å²) < 4.78 is 33.8. The molecule has 30 heavy (non-hydrogen) atoms. The van der Waals surface area contributed by atoms with E-state index in [4.69, 9.17) is 4.74 Å². The summed E-state index contributed by atoms with van der Waals surface area (Å²) in [6.07, 6.45) is 5.42. The number of thiophene rings is 1. The Balaban J connectivity index is 1.46. The molecule has 3 aromatic rings. The average Bonchev–Trinajstić information content (AvgIpc) is 3.45. The van der Waals surface area contributed by atoms with Gasteiger partial charge in [0, 0.05) is 22.2 Å². The lowest BCUT2D eigenvalue weighted by Crippen LogP contribution is -2.28. The number of nitrogens with one attached hydrogen (secondary N) is 2. The molecule has 2 aliphatic rings. The number of hydrogen-bond donors (Lipinski definition) is 2. The van der Waals surface area contributed by atoms with Crippen LogP contribution in [0.5, 0.6) is 5.75 Å². The normalized spacial score (nSPS) is 22.1. The zero-order valence-corrected chi connectivity index (χ0v) is 18.0. The summed E-state index contributed by atoms with van der Waals surface area (Å²) in [5.74, 6) is 1.28. The summed E-state index contributed by atoms with van der Waals surface area (Å²) in [6, 6.07) is 16.7. The van der Waals surface area contributed by atoms with Crippen LogP contribution in [-0.4, -0.2) is 15.5 Å². The molecule has 1 aliphatic heterocycles. The van der Waals surface area contributed by atoms with E-state index < -0.39 is 10.0 Å². The number of ether oxygens (including phenoxy) is 1. The van der Waals surface area contributed by atoms with Crippen molar-refractivity contribution in [3.63, 3.8) is 0 Å². The van der Waals surface area contributed by atoms with Crippen LogP contribution in [0.2, 0.25) is 0 Å². The van der Waals surface area contributed by atoms with Crippen molar-refractivity contribution in [2.24, 2.45) is 5.92 Å². The van der Waals surface area contributed by atoms with Gasteiger partial charge in [0.05, 0.1) is 18.0 Å². The van der Waals surface area contributed by atoms with E-state index in [1.807, 2.05) is 12.1 Å². The minimum Gasteiger partial charge on any atom is -0.497 e. The predicted molar refractivity (Wildman–Crippen MR) is 121 cm³/mol. The summed E-state index contributed by atoms with van der Waals surface area (Å²) in [5, 5.41) is 5.75. The van der Waals surface area contributed by atoms with Gasteiger partial charge in [-0.05, 0) is 71.8 Å². The molecule has 0 bridgehead atoms. The Kier molecular flexibility index (Phi) is 4.79. The first-order chi connectivity index (χ1) is 14.5. The first-order valence-electron chi connectivity index (χ1n) is 9.82. The molecule has 2 N–H and O–H groups in total. The molecule has 5 nitrogen and oxygen atoms in total. The summed E-state index contributed by atoms with van der Waals surface area (Å²) >= 11 is 1.76. The van der Waals surface area contributed by atoms with Crippen LogP contribution in [0, 0.1) is 5.92 Å². The third-order valence-corrected chi connectivity index (χ3v) is 8.17. The van der Waals surface area contributed by atoms with Crippen LogP contribution < -0.4 is 14.8 Å². The van der Waals surface area contributed by atoms with Gasteiger partial charge in [0.25, 0.3) is 10.0 Å². The van der Waals surface area contributed by atoms with Crippen LogP contribution in [0.1, 0.15) is 28.8 Å². The second-order valence-electron chi connectivity index (χ2n) is 7.57. The molecule has 2 heterocycles. The fourth-order valence-corrected chi connectivity index (χ4v) is 6.31. The van der Waals surface area contributed by atoms with E-state index >= 15 is 0 Å². The molecule has 5 rings (SSSR count). The third kappa shape index (κ3) is 3.38. The Labute approximate surface area is 180 Å². The summed E-state index contributed by atoms with van der Waals surface area (Å²) in [7, 11) is -2.12. The van der Waals surface area contributed by atoms with Crippen molar-refractivity contribution in [2.75, 3.05) is 17.1 Å². The number of anilines is 2. The molecule has 0 fully saturated rings. The molecule has 0 amide bonds. The van der Waals surface area contributed by atoms with E-state index in [1.54, 1.807) is 48.8 Å². The Morgan fingerprint density at radius 2 is 1.97 bits per heavy atom. The molecule has 1 aliphatic carbocycles. The second-order valence-corrected chi connectivity index (χ2v) is 10.2. The van der Waals surface area contributed by atoms with E-state index in [-0.39, 0.29) is 16.9 Å². The maximum atomic E-state index is 13.0. The maximum absolute atomic E-state index is 13.0. The summed E-state index contributed by atoms with van der Waals surface area (Å²) in [4.78, 5) is 1.59. The minimum absolute atomic E-state index is 0.212. The molecular formula is C23H22N2O3S2. The van der Waals surface area contributed by atoms with Gasteiger partial charge in [-0.1, -0.05) is 18.2 Å². The molecule has 7 heteroatoms. The topological polar surface area (TPSA) is 67.4 Å². The highest BCUT2D eigenvalue weighted by Gasteiger charge is 2.38. The van der Waals surface area contributed by atoms with E-state index in [0.717, 1.165) is 17.7 Å². The zero-order valence-electron chi connectivity index (χ0n) is 16.4. The number of benzene rings is 2. The van der Waals surface area contributed by atoms with Gasteiger partial charge in [0.15, 0.2) is 0 Å². The highest BCUT2D eigenvalue weighted by Crippen LogP contribution is 2.50. The monoisotopic (exact) mass is 438 g/mol. The van der Waals surface area contributed by atoms with Gasteiger partial charge >= 0.3 is 0 Å². The number of rotatable bonds is 5. The lowest BCUT2D eigenvalue weighted by molar-refractivity contribution is 0.415. The van der Waals surface area contributed by atoms with Crippen LogP contribution in [0.15, 0.2) is 77.0 Å². The predicted octanol–water partition coefficient (Wildman–Crippen LogP) is 5.38. The first-order valence-corrected chi connectivity index (χ1v) is 12.2. The van der Waals surface area contributed by atoms with Crippen LogP contribution in [0.4, 0.5) is 11.4 Å². The van der Waals surface area contributed by atoms with Gasteiger partial charge in [-0.2, -0.15) is 0 Å². The maximum Gasteiger partial charge on any atom is 0.261 e. The smallest absolute Gasteiger partial charge is 0.261 e. The number of hydrogen-bond acceptors (Lipinski definition) is 5. The Hall–Kier alpha value is -2.77. The number of allylic oxidation sites excluding steroid dienone is 2. The molecule has 3 atom stereocenters. The SMILES string of the molecule is COc1ccc(NS(=O)(=O)c2ccc3c(c2)C2C=CCC2C(c2cccs2)N3)cc1. The number of fused-ring (bicyclic) bond motifs is 3. The zero-order chi connectivity index (χ0) is 20.7. The van der Waals surface area contributed by atoms with Crippen molar-refractivity contribution < 1.29 is 13.2 Å². The molecular weight excluding hydrogens is 416 g/mol. The van der Waals surface area contributed by atoms with E-state index in [0.29, 0.717) is 17.4 Å². The van der Waals surface area contributed by atoms with Gasteiger partial charge < -0.3 is 10.1 Å². The average molecular weight is 439 g/mol. The quantitative estimate of drug-likeness (QED) is 0.525. The lowest BCUT2D eigenvalue weighted by atomic mass is 9.79. The highest BCUT2D eigenvalue weighted by atomic mass is 32.2.